The first-order chi connectivity index (χ1) is 15.5. The van der Waals surface area contributed by atoms with E-state index in [0.717, 1.165) is 24.2 Å². The fourth-order valence-corrected chi connectivity index (χ4v) is 4.24. The van der Waals surface area contributed by atoms with Crippen LogP contribution in [-0.2, 0) is 11.3 Å². The van der Waals surface area contributed by atoms with Crippen LogP contribution in [0, 0.1) is 0 Å². The molecule has 2 amide bonds. The Morgan fingerprint density at radius 3 is 2.56 bits per heavy atom. The van der Waals surface area contributed by atoms with E-state index in [0.29, 0.717) is 34.4 Å². The molecule has 6 nitrogen and oxygen atoms in total. The number of aryl methyl sites for hydroxylation is 1. The van der Waals surface area contributed by atoms with Gasteiger partial charge in [-0.05, 0) is 67.4 Å². The van der Waals surface area contributed by atoms with Gasteiger partial charge >= 0.3 is 12.0 Å². The number of rotatable bonds is 4. The molecule has 8 heteroatoms. The molecule has 2 aromatic carbocycles. The predicted molar refractivity (Wildman–Crippen MR) is 125 cm³/mol. The summed E-state index contributed by atoms with van der Waals surface area (Å²) < 4.78 is 7.17. The van der Waals surface area contributed by atoms with E-state index in [1.165, 1.54) is 0 Å². The van der Waals surface area contributed by atoms with Crippen molar-refractivity contribution in [3.05, 3.63) is 87.7 Å². The summed E-state index contributed by atoms with van der Waals surface area (Å²) in [5.41, 5.74) is 2.92. The van der Waals surface area contributed by atoms with Crippen molar-refractivity contribution in [1.82, 2.24) is 9.47 Å². The van der Waals surface area contributed by atoms with Gasteiger partial charge in [0.15, 0.2) is 0 Å². The number of amides is 2. The number of benzene rings is 2. The summed E-state index contributed by atoms with van der Waals surface area (Å²) in [6.45, 7) is 3.45. The average molecular weight is 472 g/mol. The number of anilines is 1. The van der Waals surface area contributed by atoms with Crippen LogP contribution < -0.4 is 5.32 Å². The summed E-state index contributed by atoms with van der Waals surface area (Å²) in [6, 6.07) is 15.6. The number of aromatic nitrogens is 1. The zero-order valence-corrected chi connectivity index (χ0v) is 19.1. The molecule has 0 spiro atoms. The van der Waals surface area contributed by atoms with E-state index in [1.54, 1.807) is 42.2 Å². The lowest BCUT2D eigenvalue weighted by atomic mass is 10.0. The maximum Gasteiger partial charge on any atom is 0.338 e. The number of carbonyl (C=O) groups excluding carboxylic acids is 2. The number of halogens is 2. The molecule has 2 heterocycles. The average Bonchev–Trinajstić information content (AvgIpc) is 3.16. The highest BCUT2D eigenvalue weighted by Gasteiger charge is 2.31. The maximum absolute atomic E-state index is 13.4. The topological polar surface area (TPSA) is 63.6 Å². The first kappa shape index (κ1) is 22.2. The Hall–Kier alpha value is -2.96. The second kappa shape index (κ2) is 9.67. The fourth-order valence-electron chi connectivity index (χ4n) is 3.93. The lowest BCUT2D eigenvalue weighted by molar-refractivity contribution is 0.0526. The molecule has 0 saturated heterocycles. The third-order valence-corrected chi connectivity index (χ3v) is 6.16. The van der Waals surface area contributed by atoms with E-state index in [9.17, 15) is 9.59 Å². The molecule has 0 fully saturated rings. The molecule has 1 atom stereocenters. The molecule has 0 radical (unpaired) electrons. The normalized spacial score (nSPS) is 15.6. The van der Waals surface area contributed by atoms with E-state index in [-0.39, 0.29) is 12.1 Å². The summed E-state index contributed by atoms with van der Waals surface area (Å²) in [4.78, 5) is 27.0. The third kappa shape index (κ3) is 4.61. The van der Waals surface area contributed by atoms with Crippen molar-refractivity contribution >= 4 is 40.9 Å². The highest BCUT2D eigenvalue weighted by atomic mass is 35.5. The van der Waals surface area contributed by atoms with Gasteiger partial charge in [0.2, 0.25) is 0 Å². The number of carbonyl (C=O) groups is 2. The summed E-state index contributed by atoms with van der Waals surface area (Å²) in [5, 5.41) is 3.87. The van der Waals surface area contributed by atoms with Gasteiger partial charge in [-0.1, -0.05) is 29.3 Å². The number of hydrogen-bond donors (Lipinski definition) is 1. The Balaban J connectivity index is 1.62. The summed E-state index contributed by atoms with van der Waals surface area (Å²) in [7, 11) is 0. The Kier molecular flexibility index (Phi) is 6.72. The number of urea groups is 1. The second-order valence-electron chi connectivity index (χ2n) is 7.48. The maximum atomic E-state index is 13.4. The van der Waals surface area contributed by atoms with Gasteiger partial charge in [0.1, 0.15) is 0 Å². The molecule has 1 aliphatic heterocycles. The van der Waals surface area contributed by atoms with Gasteiger partial charge in [-0.2, -0.15) is 0 Å². The van der Waals surface area contributed by atoms with Gasteiger partial charge in [-0.3, -0.25) is 0 Å². The molecule has 4 rings (SSSR count). The molecule has 0 bridgehead atoms. The van der Waals surface area contributed by atoms with Gasteiger partial charge < -0.3 is 19.5 Å². The largest absolute Gasteiger partial charge is 0.462 e. The van der Waals surface area contributed by atoms with E-state index >= 15 is 0 Å². The SMILES string of the molecule is CCOC(=O)c1ccc(NC(=O)N2CCCn3cccc3C2c2ccc(Cl)c(Cl)c2)cc1. The van der Waals surface area contributed by atoms with Crippen LogP contribution in [0.4, 0.5) is 10.5 Å². The van der Waals surface area contributed by atoms with Crippen LogP contribution in [0.2, 0.25) is 10.0 Å². The van der Waals surface area contributed by atoms with Crippen LogP contribution in [0.15, 0.2) is 60.8 Å². The van der Waals surface area contributed by atoms with E-state index in [2.05, 4.69) is 9.88 Å². The molecule has 0 saturated carbocycles. The van der Waals surface area contributed by atoms with Crippen molar-refractivity contribution in [3.63, 3.8) is 0 Å². The van der Waals surface area contributed by atoms with Gasteiger partial charge in [-0.25, -0.2) is 9.59 Å². The Morgan fingerprint density at radius 1 is 1.06 bits per heavy atom. The van der Waals surface area contributed by atoms with Crippen LogP contribution >= 0.6 is 23.2 Å². The van der Waals surface area contributed by atoms with E-state index in [4.69, 9.17) is 27.9 Å². The molecule has 3 aromatic rings. The van der Waals surface area contributed by atoms with Gasteiger partial charge in [0.25, 0.3) is 0 Å². The van der Waals surface area contributed by atoms with Crippen LogP contribution in [0.3, 0.4) is 0 Å². The Morgan fingerprint density at radius 2 is 1.84 bits per heavy atom. The summed E-state index contributed by atoms with van der Waals surface area (Å²) in [5.74, 6) is -0.390. The number of hydrogen-bond acceptors (Lipinski definition) is 3. The van der Waals surface area contributed by atoms with Crippen molar-refractivity contribution in [3.8, 4) is 0 Å². The van der Waals surface area contributed by atoms with Crippen molar-refractivity contribution in [2.24, 2.45) is 0 Å². The Labute approximate surface area is 196 Å². The van der Waals surface area contributed by atoms with Crippen molar-refractivity contribution < 1.29 is 14.3 Å². The van der Waals surface area contributed by atoms with Crippen molar-refractivity contribution in [2.75, 3.05) is 18.5 Å². The summed E-state index contributed by atoms with van der Waals surface area (Å²) >= 11 is 12.4. The number of fused-ring (bicyclic) bond motifs is 1. The zero-order chi connectivity index (χ0) is 22.7. The number of ether oxygens (including phenoxy) is 1. The van der Waals surface area contributed by atoms with Crippen LogP contribution in [0.25, 0.3) is 0 Å². The minimum atomic E-state index is -0.390. The minimum Gasteiger partial charge on any atom is -0.462 e. The predicted octanol–water partition coefficient (Wildman–Crippen LogP) is 6.00. The van der Waals surface area contributed by atoms with Gasteiger partial charge in [-0.15, -0.1) is 0 Å². The highest BCUT2D eigenvalue weighted by molar-refractivity contribution is 6.42. The summed E-state index contributed by atoms with van der Waals surface area (Å²) in [6.07, 6.45) is 2.84. The smallest absolute Gasteiger partial charge is 0.338 e. The molecule has 1 aromatic heterocycles. The Bertz CT molecular complexity index is 1130. The van der Waals surface area contributed by atoms with Crippen LogP contribution in [-0.4, -0.2) is 34.6 Å². The van der Waals surface area contributed by atoms with Crippen molar-refractivity contribution in [2.45, 2.75) is 25.9 Å². The number of nitrogens with one attached hydrogen (secondary N) is 1. The quantitative estimate of drug-likeness (QED) is 0.474. The van der Waals surface area contributed by atoms with Gasteiger partial charge in [0.05, 0.1) is 28.3 Å². The first-order valence-corrected chi connectivity index (χ1v) is 11.2. The first-order valence-electron chi connectivity index (χ1n) is 10.4. The fraction of sp³-hybridized carbons (Fsp3) is 0.250. The second-order valence-corrected chi connectivity index (χ2v) is 8.29. The van der Waals surface area contributed by atoms with E-state index < -0.39 is 5.97 Å². The van der Waals surface area contributed by atoms with Crippen molar-refractivity contribution in [1.29, 1.82) is 0 Å². The third-order valence-electron chi connectivity index (χ3n) is 5.42. The van der Waals surface area contributed by atoms with Gasteiger partial charge in [0, 0.05) is 30.7 Å². The standard InChI is InChI=1S/C24H23Cl2N3O3/c1-2-32-23(30)16-6-9-18(10-7-16)27-24(31)29-14-4-13-28-12-3-5-21(28)22(29)17-8-11-19(25)20(26)15-17/h3,5-12,15,22H,2,4,13-14H2,1H3,(H,27,31). The molecule has 32 heavy (non-hydrogen) atoms. The molecule has 0 aliphatic carbocycles. The highest BCUT2D eigenvalue weighted by Crippen LogP contribution is 2.35. The number of nitrogens with zero attached hydrogens (tertiary/aromatic N) is 2. The molecule has 1 N–H and O–H groups in total. The zero-order valence-electron chi connectivity index (χ0n) is 17.6. The van der Waals surface area contributed by atoms with E-state index in [1.807, 2.05) is 30.5 Å². The van der Waals surface area contributed by atoms with Crippen LogP contribution in [0.5, 0.6) is 0 Å². The molecular formula is C24H23Cl2N3O3. The lowest BCUT2D eigenvalue weighted by Gasteiger charge is -2.31. The lowest BCUT2D eigenvalue weighted by Crippen LogP contribution is -2.38. The molecule has 1 unspecified atom stereocenters. The number of esters is 1. The molecule has 166 valence electrons. The van der Waals surface area contributed by atoms with Crippen LogP contribution in [0.1, 0.15) is 41.0 Å². The molecule has 1 aliphatic rings. The molecular weight excluding hydrogens is 449 g/mol. The minimum absolute atomic E-state index is 0.236. The monoisotopic (exact) mass is 471 g/mol.